The van der Waals surface area contributed by atoms with Crippen LogP contribution >= 0.6 is 39.1 Å². The number of aliphatic hydroxyl groups is 1. The summed E-state index contributed by atoms with van der Waals surface area (Å²) in [6.45, 7) is 0. The zero-order valence-corrected chi connectivity index (χ0v) is 12.1. The molecule has 0 aliphatic heterocycles. The van der Waals surface area contributed by atoms with Gasteiger partial charge in [0.15, 0.2) is 9.84 Å². The molecule has 1 N–H and O–H groups in total. The Balaban J connectivity index is 3.17. The molecule has 0 bridgehead atoms. The van der Waals surface area contributed by atoms with E-state index in [0.29, 0.717) is 10.6 Å². The second kappa shape index (κ2) is 4.82. The standard InChI is InChI=1S/C9H9BrCl2O3S/c1-16(14,15)9(10,12)8(13)6-3-2-4-7(11)5-6/h2-5,8,13H,1H3/t8-,9+/m1/s1. The van der Waals surface area contributed by atoms with Gasteiger partial charge >= 0.3 is 0 Å². The summed E-state index contributed by atoms with van der Waals surface area (Å²) in [7, 11) is -3.67. The molecule has 3 nitrogen and oxygen atoms in total. The Morgan fingerprint density at radius 1 is 1.50 bits per heavy atom. The molecule has 7 heteroatoms. The van der Waals surface area contributed by atoms with Crippen molar-refractivity contribution in [2.45, 2.75) is 9.22 Å². The summed E-state index contributed by atoms with van der Waals surface area (Å²) < 4.78 is 20.8. The summed E-state index contributed by atoms with van der Waals surface area (Å²) in [5, 5.41) is 10.3. The average Bonchev–Trinajstić information content (AvgIpc) is 2.14. The molecule has 0 saturated heterocycles. The van der Waals surface area contributed by atoms with Crippen LogP contribution in [0.5, 0.6) is 0 Å². The van der Waals surface area contributed by atoms with Gasteiger partial charge in [-0.05, 0) is 33.6 Å². The summed E-state index contributed by atoms with van der Waals surface area (Å²) in [4.78, 5) is 0. The van der Waals surface area contributed by atoms with Gasteiger partial charge in [0.1, 0.15) is 6.10 Å². The molecule has 0 amide bonds. The second-order valence-electron chi connectivity index (χ2n) is 3.29. The molecular formula is C9H9BrCl2O3S. The van der Waals surface area contributed by atoms with Gasteiger partial charge < -0.3 is 5.11 Å². The van der Waals surface area contributed by atoms with E-state index < -0.39 is 19.1 Å². The maximum absolute atomic E-state index is 11.4. The predicted molar refractivity (Wildman–Crippen MR) is 68.8 cm³/mol. The van der Waals surface area contributed by atoms with Gasteiger partial charge in [0.25, 0.3) is 0 Å². The van der Waals surface area contributed by atoms with Crippen LogP contribution in [-0.4, -0.2) is 22.9 Å². The summed E-state index contributed by atoms with van der Waals surface area (Å²) in [5.41, 5.74) is 0.324. The number of halogens is 3. The van der Waals surface area contributed by atoms with Crippen LogP contribution < -0.4 is 0 Å². The van der Waals surface area contributed by atoms with E-state index in [0.717, 1.165) is 6.26 Å². The topological polar surface area (TPSA) is 54.4 Å². The van der Waals surface area contributed by atoms with Gasteiger partial charge in [-0.2, -0.15) is 0 Å². The molecule has 0 aromatic heterocycles. The minimum absolute atomic E-state index is 0.324. The maximum atomic E-state index is 11.4. The number of hydrogen-bond donors (Lipinski definition) is 1. The molecular weight excluding hydrogens is 339 g/mol. The molecule has 0 heterocycles. The molecule has 2 atom stereocenters. The fourth-order valence-corrected chi connectivity index (χ4v) is 2.20. The zero-order chi connectivity index (χ0) is 12.6. The largest absolute Gasteiger partial charge is 0.385 e. The van der Waals surface area contributed by atoms with Crippen molar-refractivity contribution in [2.75, 3.05) is 6.26 Å². The molecule has 0 aliphatic carbocycles. The average molecular weight is 348 g/mol. The van der Waals surface area contributed by atoms with Gasteiger partial charge in [-0.1, -0.05) is 35.3 Å². The van der Waals surface area contributed by atoms with E-state index in [1.54, 1.807) is 18.2 Å². The third-order valence-electron chi connectivity index (χ3n) is 1.98. The Morgan fingerprint density at radius 2 is 2.06 bits per heavy atom. The van der Waals surface area contributed by atoms with Gasteiger partial charge in [-0.3, -0.25) is 0 Å². The molecule has 0 fully saturated rings. The van der Waals surface area contributed by atoms with Gasteiger partial charge in [-0.25, -0.2) is 8.42 Å². The molecule has 1 aromatic rings. The SMILES string of the molecule is CS(=O)(=O)[C@](Cl)(Br)[C@H](O)c1cccc(Cl)c1. The number of hydrogen-bond acceptors (Lipinski definition) is 3. The van der Waals surface area contributed by atoms with E-state index in [-0.39, 0.29) is 0 Å². The molecule has 0 saturated carbocycles. The molecule has 16 heavy (non-hydrogen) atoms. The molecule has 0 spiro atoms. The van der Waals surface area contributed by atoms with Crippen molar-refractivity contribution in [2.24, 2.45) is 0 Å². The van der Waals surface area contributed by atoms with Crippen molar-refractivity contribution >= 4 is 49.0 Å². The van der Waals surface area contributed by atoms with E-state index >= 15 is 0 Å². The van der Waals surface area contributed by atoms with Crippen LogP contribution in [0.15, 0.2) is 24.3 Å². The highest BCUT2D eigenvalue weighted by molar-refractivity contribution is 9.12. The van der Waals surface area contributed by atoms with Crippen molar-refractivity contribution in [1.29, 1.82) is 0 Å². The Morgan fingerprint density at radius 3 is 2.50 bits per heavy atom. The van der Waals surface area contributed by atoms with Gasteiger partial charge in [0.05, 0.1) is 0 Å². The smallest absolute Gasteiger partial charge is 0.228 e. The summed E-state index contributed by atoms with van der Waals surface area (Å²) in [6, 6.07) is 6.21. The molecule has 0 aliphatic rings. The minimum Gasteiger partial charge on any atom is -0.385 e. The molecule has 1 aromatic carbocycles. The van der Waals surface area contributed by atoms with Crippen LogP contribution in [-0.2, 0) is 9.84 Å². The van der Waals surface area contributed by atoms with Gasteiger partial charge in [0, 0.05) is 11.3 Å². The lowest BCUT2D eigenvalue weighted by molar-refractivity contribution is 0.185. The maximum Gasteiger partial charge on any atom is 0.228 e. The number of sulfone groups is 1. The third-order valence-corrected chi connectivity index (χ3v) is 6.67. The fourth-order valence-electron chi connectivity index (χ4n) is 1.07. The Bertz CT molecular complexity index is 487. The van der Waals surface area contributed by atoms with Crippen LogP contribution in [0.1, 0.15) is 11.7 Å². The van der Waals surface area contributed by atoms with Crippen LogP contribution in [0.3, 0.4) is 0 Å². The van der Waals surface area contributed by atoms with E-state index in [4.69, 9.17) is 23.2 Å². The van der Waals surface area contributed by atoms with Gasteiger partial charge in [-0.15, -0.1) is 0 Å². The quantitative estimate of drug-likeness (QED) is 0.855. The molecule has 0 radical (unpaired) electrons. The number of rotatable bonds is 3. The Kier molecular flexibility index (Phi) is 4.29. The first-order valence-electron chi connectivity index (χ1n) is 4.17. The Labute approximate surface area is 112 Å². The van der Waals surface area contributed by atoms with Crippen molar-refractivity contribution in [3.05, 3.63) is 34.9 Å². The van der Waals surface area contributed by atoms with Crippen LogP contribution in [0, 0.1) is 0 Å². The highest BCUT2D eigenvalue weighted by Gasteiger charge is 2.44. The first kappa shape index (κ1) is 14.3. The highest BCUT2D eigenvalue weighted by Crippen LogP contribution is 2.42. The lowest BCUT2D eigenvalue weighted by Gasteiger charge is -2.24. The van der Waals surface area contributed by atoms with E-state index in [1.807, 2.05) is 0 Å². The summed E-state index contributed by atoms with van der Waals surface area (Å²) in [5.74, 6) is 0. The summed E-state index contributed by atoms with van der Waals surface area (Å²) in [6.07, 6.45) is -0.481. The normalized spacial score (nSPS) is 17.8. The lowest BCUT2D eigenvalue weighted by Crippen LogP contribution is -2.32. The van der Waals surface area contributed by atoms with Crippen molar-refractivity contribution in [3.8, 4) is 0 Å². The predicted octanol–water partition coefficient (Wildman–Crippen LogP) is 2.71. The minimum atomic E-state index is -3.67. The van der Waals surface area contributed by atoms with Crippen LogP contribution in [0.25, 0.3) is 0 Å². The van der Waals surface area contributed by atoms with Crippen LogP contribution in [0.2, 0.25) is 5.02 Å². The lowest BCUT2D eigenvalue weighted by atomic mass is 10.1. The van der Waals surface area contributed by atoms with Gasteiger partial charge in [0.2, 0.25) is 3.12 Å². The van der Waals surface area contributed by atoms with E-state index in [2.05, 4.69) is 15.9 Å². The van der Waals surface area contributed by atoms with Crippen molar-refractivity contribution in [3.63, 3.8) is 0 Å². The number of benzene rings is 1. The highest BCUT2D eigenvalue weighted by atomic mass is 79.9. The Hall–Kier alpha value is 0.190. The van der Waals surface area contributed by atoms with E-state index in [9.17, 15) is 13.5 Å². The molecule has 1 rings (SSSR count). The molecule has 0 unspecified atom stereocenters. The summed E-state index contributed by atoms with van der Waals surface area (Å²) >= 11 is 14.3. The second-order valence-corrected chi connectivity index (χ2v) is 8.97. The van der Waals surface area contributed by atoms with E-state index in [1.165, 1.54) is 6.07 Å². The fraction of sp³-hybridized carbons (Fsp3) is 0.333. The monoisotopic (exact) mass is 346 g/mol. The van der Waals surface area contributed by atoms with Crippen molar-refractivity contribution < 1.29 is 13.5 Å². The van der Waals surface area contributed by atoms with Crippen molar-refractivity contribution in [1.82, 2.24) is 0 Å². The van der Waals surface area contributed by atoms with Crippen LogP contribution in [0.4, 0.5) is 0 Å². The first-order chi connectivity index (χ1) is 7.16. The first-order valence-corrected chi connectivity index (χ1v) is 7.61. The number of alkyl halides is 2. The number of aliphatic hydroxyl groups excluding tert-OH is 1. The molecule has 90 valence electrons. The zero-order valence-electron chi connectivity index (χ0n) is 8.19. The third kappa shape index (κ3) is 2.90.